The van der Waals surface area contributed by atoms with Crippen molar-refractivity contribution in [3.63, 3.8) is 0 Å². The Kier molecular flexibility index (Phi) is 6.37. The molecule has 0 radical (unpaired) electrons. The summed E-state index contributed by atoms with van der Waals surface area (Å²) in [6.07, 6.45) is 1.67. The third kappa shape index (κ3) is 4.32. The molecule has 0 unspecified atom stereocenters. The fraction of sp³-hybridized carbons (Fsp3) is 0.160. The molecule has 0 fully saturated rings. The van der Waals surface area contributed by atoms with Crippen molar-refractivity contribution in [3.8, 4) is 39.1 Å². The van der Waals surface area contributed by atoms with Crippen LogP contribution in [0.2, 0.25) is 0 Å². The molecule has 34 heavy (non-hydrogen) atoms. The summed E-state index contributed by atoms with van der Waals surface area (Å²) in [5, 5.41) is 12.7. The Morgan fingerprint density at radius 1 is 1.00 bits per heavy atom. The molecule has 172 valence electrons. The number of thiazole rings is 1. The number of thioether (sulfide) groups is 1. The molecule has 9 heteroatoms. The number of rotatable bonds is 8. The number of nitrogens with zero attached hydrogens (tertiary/aromatic N) is 4. The van der Waals surface area contributed by atoms with Crippen molar-refractivity contribution in [1.29, 1.82) is 0 Å². The van der Waals surface area contributed by atoms with Gasteiger partial charge >= 0.3 is 0 Å². The van der Waals surface area contributed by atoms with Crippen LogP contribution in [-0.4, -0.2) is 34.0 Å². The third-order valence-corrected chi connectivity index (χ3v) is 7.17. The molecule has 5 rings (SSSR count). The molecular formula is C25H22N4O3S2. The van der Waals surface area contributed by atoms with Crippen LogP contribution in [0.25, 0.3) is 27.6 Å². The van der Waals surface area contributed by atoms with Crippen LogP contribution < -0.4 is 9.47 Å². The molecule has 0 aliphatic heterocycles. The van der Waals surface area contributed by atoms with E-state index in [0.29, 0.717) is 5.75 Å². The molecule has 0 amide bonds. The summed E-state index contributed by atoms with van der Waals surface area (Å²) in [5.41, 5.74) is 3.82. The summed E-state index contributed by atoms with van der Waals surface area (Å²) < 4.78 is 18.4. The minimum atomic E-state index is 0.657. The van der Waals surface area contributed by atoms with E-state index in [4.69, 9.17) is 18.9 Å². The molecule has 3 heterocycles. The lowest BCUT2D eigenvalue weighted by Gasteiger charge is -2.09. The van der Waals surface area contributed by atoms with Crippen molar-refractivity contribution in [1.82, 2.24) is 19.7 Å². The highest BCUT2D eigenvalue weighted by Crippen LogP contribution is 2.36. The fourth-order valence-electron chi connectivity index (χ4n) is 3.58. The van der Waals surface area contributed by atoms with E-state index in [1.165, 1.54) is 0 Å². The summed E-state index contributed by atoms with van der Waals surface area (Å²) in [7, 11) is 3.29. The van der Waals surface area contributed by atoms with Crippen LogP contribution in [0.15, 0.2) is 75.8 Å². The molecule has 2 aromatic carbocycles. The SMILES string of the molecule is COc1ccc(-c2nc(CSc3nnc(-c4ccoc4C)n3-c3ccccc3)cs2)c(OC)c1. The lowest BCUT2D eigenvalue weighted by molar-refractivity contribution is 0.395. The van der Waals surface area contributed by atoms with Gasteiger partial charge in [-0.25, -0.2) is 4.98 Å². The van der Waals surface area contributed by atoms with E-state index in [1.54, 1.807) is 43.6 Å². The average molecular weight is 491 g/mol. The first-order chi connectivity index (χ1) is 16.7. The van der Waals surface area contributed by atoms with Crippen LogP contribution in [0.4, 0.5) is 0 Å². The minimum absolute atomic E-state index is 0.657. The van der Waals surface area contributed by atoms with Gasteiger partial charge in [0.2, 0.25) is 0 Å². The highest BCUT2D eigenvalue weighted by Gasteiger charge is 2.19. The standard InChI is InChI=1S/C25H22N4O3S2/c1-16-20(11-12-32-16)23-27-28-25(29(23)18-7-5-4-6-8-18)34-15-17-14-33-24(26-17)21-10-9-19(30-2)13-22(21)31-3/h4-14H,15H2,1-3H3. The average Bonchev–Trinajstić information content (AvgIpc) is 3.62. The van der Waals surface area contributed by atoms with Crippen LogP contribution in [0.1, 0.15) is 11.5 Å². The molecular weight excluding hydrogens is 468 g/mol. The largest absolute Gasteiger partial charge is 0.497 e. The maximum atomic E-state index is 5.55. The minimum Gasteiger partial charge on any atom is -0.497 e. The molecule has 0 bridgehead atoms. The molecule has 0 aliphatic rings. The first kappa shape index (κ1) is 22.2. The summed E-state index contributed by atoms with van der Waals surface area (Å²) in [6, 6.07) is 17.8. The summed E-state index contributed by atoms with van der Waals surface area (Å²) in [4.78, 5) is 4.84. The van der Waals surface area contributed by atoms with Crippen molar-refractivity contribution >= 4 is 23.1 Å². The van der Waals surface area contributed by atoms with Gasteiger partial charge in [0, 0.05) is 22.9 Å². The smallest absolute Gasteiger partial charge is 0.196 e. The van der Waals surface area contributed by atoms with Gasteiger partial charge in [0.05, 0.1) is 37.3 Å². The second-order valence-corrected chi connectivity index (χ2v) is 9.17. The van der Waals surface area contributed by atoms with E-state index < -0.39 is 0 Å². The Bertz CT molecular complexity index is 1410. The van der Waals surface area contributed by atoms with Crippen molar-refractivity contribution < 1.29 is 13.9 Å². The number of methoxy groups -OCH3 is 2. The van der Waals surface area contributed by atoms with Gasteiger partial charge in [-0.1, -0.05) is 30.0 Å². The van der Waals surface area contributed by atoms with E-state index in [1.807, 2.05) is 61.5 Å². The van der Waals surface area contributed by atoms with Gasteiger partial charge in [-0.15, -0.1) is 21.5 Å². The van der Waals surface area contributed by atoms with Gasteiger partial charge in [0.1, 0.15) is 22.3 Å². The highest BCUT2D eigenvalue weighted by molar-refractivity contribution is 7.98. The number of hydrogen-bond donors (Lipinski definition) is 0. The summed E-state index contributed by atoms with van der Waals surface area (Å²) in [5.74, 6) is 3.69. The lowest BCUT2D eigenvalue weighted by atomic mass is 10.2. The molecule has 0 aliphatic carbocycles. The normalized spacial score (nSPS) is 11.0. The van der Waals surface area contributed by atoms with Gasteiger partial charge < -0.3 is 13.9 Å². The number of para-hydroxylation sites is 1. The van der Waals surface area contributed by atoms with Crippen LogP contribution in [0.3, 0.4) is 0 Å². The predicted octanol–water partition coefficient (Wildman–Crippen LogP) is 6.27. The van der Waals surface area contributed by atoms with Gasteiger partial charge in [-0.05, 0) is 37.3 Å². The van der Waals surface area contributed by atoms with Crippen molar-refractivity contribution in [2.75, 3.05) is 14.2 Å². The second kappa shape index (κ2) is 9.74. The maximum absolute atomic E-state index is 5.55. The van der Waals surface area contributed by atoms with E-state index in [-0.39, 0.29) is 0 Å². The number of benzene rings is 2. The monoisotopic (exact) mass is 490 g/mol. The molecule has 0 saturated carbocycles. The predicted molar refractivity (Wildman–Crippen MR) is 134 cm³/mol. The van der Waals surface area contributed by atoms with Crippen LogP contribution in [0, 0.1) is 6.92 Å². The zero-order valence-corrected chi connectivity index (χ0v) is 20.5. The van der Waals surface area contributed by atoms with E-state index >= 15 is 0 Å². The van der Waals surface area contributed by atoms with Gasteiger partial charge in [-0.2, -0.15) is 0 Å². The first-order valence-corrected chi connectivity index (χ1v) is 12.4. The quantitative estimate of drug-likeness (QED) is 0.237. The fourth-order valence-corrected chi connectivity index (χ4v) is 5.37. The molecule has 3 aromatic heterocycles. The van der Waals surface area contributed by atoms with E-state index in [2.05, 4.69) is 20.1 Å². The van der Waals surface area contributed by atoms with Crippen LogP contribution >= 0.6 is 23.1 Å². The Labute approximate surface area is 205 Å². The highest BCUT2D eigenvalue weighted by atomic mass is 32.2. The molecule has 0 saturated heterocycles. The van der Waals surface area contributed by atoms with Crippen molar-refractivity contribution in [2.24, 2.45) is 0 Å². The van der Waals surface area contributed by atoms with Gasteiger partial charge in [0.25, 0.3) is 0 Å². The van der Waals surface area contributed by atoms with Gasteiger partial charge in [-0.3, -0.25) is 4.57 Å². The Morgan fingerprint density at radius 3 is 2.59 bits per heavy atom. The lowest BCUT2D eigenvalue weighted by Crippen LogP contribution is -1.99. The van der Waals surface area contributed by atoms with E-state index in [9.17, 15) is 0 Å². The number of hydrogen-bond acceptors (Lipinski definition) is 8. The van der Waals surface area contributed by atoms with Crippen LogP contribution in [0.5, 0.6) is 11.5 Å². The Morgan fingerprint density at radius 2 is 1.85 bits per heavy atom. The Hall–Kier alpha value is -3.56. The number of aryl methyl sites for hydroxylation is 1. The summed E-state index contributed by atoms with van der Waals surface area (Å²) >= 11 is 3.18. The number of furan rings is 1. The zero-order chi connectivity index (χ0) is 23.5. The van der Waals surface area contributed by atoms with E-state index in [0.717, 1.165) is 55.8 Å². The maximum Gasteiger partial charge on any atom is 0.196 e. The Balaban J connectivity index is 1.42. The number of aromatic nitrogens is 4. The first-order valence-electron chi connectivity index (χ1n) is 10.5. The zero-order valence-electron chi connectivity index (χ0n) is 18.9. The van der Waals surface area contributed by atoms with Crippen LogP contribution in [-0.2, 0) is 5.75 Å². The molecule has 7 nitrogen and oxygen atoms in total. The van der Waals surface area contributed by atoms with Gasteiger partial charge in [0.15, 0.2) is 11.0 Å². The molecule has 5 aromatic rings. The molecule has 0 N–H and O–H groups in total. The molecule has 0 spiro atoms. The number of ether oxygens (including phenoxy) is 2. The topological polar surface area (TPSA) is 75.2 Å². The summed E-state index contributed by atoms with van der Waals surface area (Å²) in [6.45, 7) is 1.93. The third-order valence-electron chi connectivity index (χ3n) is 5.29. The second-order valence-electron chi connectivity index (χ2n) is 7.37. The molecule has 0 atom stereocenters. The van der Waals surface area contributed by atoms with Crippen molar-refractivity contribution in [3.05, 3.63) is 77.7 Å². The van der Waals surface area contributed by atoms with Crippen molar-refractivity contribution in [2.45, 2.75) is 17.8 Å².